The zero-order chi connectivity index (χ0) is 14.8. The van der Waals surface area contributed by atoms with Crippen LogP contribution in [0.4, 0.5) is 5.82 Å². The first kappa shape index (κ1) is 15.2. The molecular weight excluding hydrogens is 250 g/mol. The standard InChI is InChI=1S/C16H27N3O/c1-6-7-11-8-13(11)18-14-9-12(10-20-5)17-15(19-14)16(2,3)4/h9,11,13H,6-8,10H2,1-5H3,(H,17,18,19). The Hall–Kier alpha value is -1.16. The number of hydrogen-bond donors (Lipinski definition) is 1. The molecule has 1 saturated carbocycles. The number of rotatable bonds is 6. The zero-order valence-electron chi connectivity index (χ0n) is 13.4. The first-order valence-corrected chi connectivity index (χ1v) is 7.58. The average molecular weight is 277 g/mol. The van der Waals surface area contributed by atoms with Crippen molar-refractivity contribution in [3.05, 3.63) is 17.6 Å². The Kier molecular flexibility index (Phi) is 4.63. The molecule has 1 fully saturated rings. The van der Waals surface area contributed by atoms with Crippen molar-refractivity contribution in [2.24, 2.45) is 5.92 Å². The van der Waals surface area contributed by atoms with Crippen LogP contribution in [0.3, 0.4) is 0 Å². The van der Waals surface area contributed by atoms with Crippen LogP contribution < -0.4 is 5.32 Å². The second-order valence-corrected chi connectivity index (χ2v) is 6.79. The van der Waals surface area contributed by atoms with Gasteiger partial charge >= 0.3 is 0 Å². The van der Waals surface area contributed by atoms with Gasteiger partial charge in [0.05, 0.1) is 12.3 Å². The van der Waals surface area contributed by atoms with E-state index in [9.17, 15) is 0 Å². The van der Waals surface area contributed by atoms with Crippen LogP contribution in [-0.4, -0.2) is 23.1 Å². The molecule has 0 spiro atoms. The van der Waals surface area contributed by atoms with Gasteiger partial charge in [-0.1, -0.05) is 34.1 Å². The van der Waals surface area contributed by atoms with Crippen molar-refractivity contribution in [3.63, 3.8) is 0 Å². The smallest absolute Gasteiger partial charge is 0.136 e. The van der Waals surface area contributed by atoms with Crippen molar-refractivity contribution in [2.45, 2.75) is 65.0 Å². The molecule has 4 heteroatoms. The van der Waals surface area contributed by atoms with E-state index in [1.54, 1.807) is 7.11 Å². The molecule has 112 valence electrons. The van der Waals surface area contributed by atoms with Gasteiger partial charge in [-0.2, -0.15) is 0 Å². The maximum Gasteiger partial charge on any atom is 0.136 e. The third-order valence-corrected chi connectivity index (χ3v) is 3.66. The summed E-state index contributed by atoms with van der Waals surface area (Å²) in [5.74, 6) is 2.64. The fourth-order valence-corrected chi connectivity index (χ4v) is 2.43. The molecule has 1 N–H and O–H groups in total. The van der Waals surface area contributed by atoms with Gasteiger partial charge in [-0.25, -0.2) is 9.97 Å². The van der Waals surface area contributed by atoms with Crippen molar-refractivity contribution in [2.75, 3.05) is 12.4 Å². The Morgan fingerprint density at radius 2 is 2.10 bits per heavy atom. The summed E-state index contributed by atoms with van der Waals surface area (Å²) in [4.78, 5) is 9.29. The molecule has 0 saturated heterocycles. The molecule has 2 unspecified atom stereocenters. The first-order valence-electron chi connectivity index (χ1n) is 7.58. The van der Waals surface area contributed by atoms with Gasteiger partial charge in [-0.3, -0.25) is 0 Å². The van der Waals surface area contributed by atoms with Crippen molar-refractivity contribution < 1.29 is 4.74 Å². The first-order chi connectivity index (χ1) is 9.44. The molecule has 1 aromatic rings. The van der Waals surface area contributed by atoms with Crippen LogP contribution in [0.2, 0.25) is 0 Å². The van der Waals surface area contributed by atoms with Crippen molar-refractivity contribution in [3.8, 4) is 0 Å². The second kappa shape index (κ2) is 6.08. The maximum atomic E-state index is 5.21. The summed E-state index contributed by atoms with van der Waals surface area (Å²) >= 11 is 0. The third-order valence-electron chi connectivity index (χ3n) is 3.66. The van der Waals surface area contributed by atoms with Gasteiger partial charge in [0.1, 0.15) is 11.6 Å². The van der Waals surface area contributed by atoms with Crippen molar-refractivity contribution in [1.82, 2.24) is 9.97 Å². The quantitative estimate of drug-likeness (QED) is 0.864. The largest absolute Gasteiger partial charge is 0.378 e. The minimum absolute atomic E-state index is 0.0491. The number of methoxy groups -OCH3 is 1. The lowest BCUT2D eigenvalue weighted by molar-refractivity contribution is 0.181. The SMILES string of the molecule is CCCC1CC1Nc1cc(COC)nc(C(C)(C)C)n1. The summed E-state index contributed by atoms with van der Waals surface area (Å²) in [6.45, 7) is 9.19. The molecule has 1 aliphatic carbocycles. The molecule has 2 rings (SSSR count). The summed E-state index contributed by atoms with van der Waals surface area (Å²) in [5.41, 5.74) is 0.898. The molecule has 0 aliphatic heterocycles. The highest BCUT2D eigenvalue weighted by molar-refractivity contribution is 5.40. The lowest BCUT2D eigenvalue weighted by Gasteiger charge is -2.19. The highest BCUT2D eigenvalue weighted by Crippen LogP contribution is 2.37. The van der Waals surface area contributed by atoms with Gasteiger partial charge in [0.2, 0.25) is 0 Å². The molecule has 1 heterocycles. The summed E-state index contributed by atoms with van der Waals surface area (Å²) < 4.78 is 5.21. The molecular formula is C16H27N3O. The Morgan fingerprint density at radius 3 is 2.70 bits per heavy atom. The monoisotopic (exact) mass is 277 g/mol. The van der Waals surface area contributed by atoms with Crippen LogP contribution in [0.25, 0.3) is 0 Å². The molecule has 0 aromatic carbocycles. The van der Waals surface area contributed by atoms with E-state index < -0.39 is 0 Å². The van der Waals surface area contributed by atoms with Gasteiger partial charge in [-0.15, -0.1) is 0 Å². The van der Waals surface area contributed by atoms with E-state index in [0.717, 1.165) is 23.3 Å². The van der Waals surface area contributed by atoms with Crippen molar-refractivity contribution >= 4 is 5.82 Å². The predicted octanol–water partition coefficient (Wildman–Crippen LogP) is 3.52. The number of aromatic nitrogens is 2. The highest BCUT2D eigenvalue weighted by Gasteiger charge is 2.36. The number of anilines is 1. The Labute approximate surface area is 122 Å². The van der Waals surface area contributed by atoms with E-state index in [0.29, 0.717) is 12.6 Å². The highest BCUT2D eigenvalue weighted by atomic mass is 16.5. The molecule has 2 atom stereocenters. The van der Waals surface area contributed by atoms with Crippen LogP contribution >= 0.6 is 0 Å². The molecule has 0 amide bonds. The normalized spacial score (nSPS) is 21.9. The molecule has 0 bridgehead atoms. The van der Waals surface area contributed by atoms with E-state index in [4.69, 9.17) is 4.74 Å². The summed E-state index contributed by atoms with van der Waals surface area (Å²) in [5, 5.41) is 3.56. The third kappa shape index (κ3) is 3.92. The Bertz CT molecular complexity index is 454. The van der Waals surface area contributed by atoms with Crippen LogP contribution in [0.15, 0.2) is 6.07 Å². The number of ether oxygens (including phenoxy) is 1. The van der Waals surface area contributed by atoms with Crippen LogP contribution in [0.1, 0.15) is 58.5 Å². The Balaban J connectivity index is 2.13. The average Bonchev–Trinajstić information content (AvgIpc) is 3.06. The fourth-order valence-electron chi connectivity index (χ4n) is 2.43. The van der Waals surface area contributed by atoms with E-state index in [1.807, 2.05) is 6.07 Å². The molecule has 20 heavy (non-hydrogen) atoms. The van der Waals surface area contributed by atoms with Gasteiger partial charge in [-0.05, 0) is 18.8 Å². The summed E-state index contributed by atoms with van der Waals surface area (Å²) in [7, 11) is 1.70. The molecule has 1 aliphatic rings. The molecule has 0 radical (unpaired) electrons. The number of hydrogen-bond acceptors (Lipinski definition) is 4. The van der Waals surface area contributed by atoms with Gasteiger partial charge in [0.15, 0.2) is 0 Å². The van der Waals surface area contributed by atoms with Gasteiger partial charge in [0.25, 0.3) is 0 Å². The summed E-state index contributed by atoms with van der Waals surface area (Å²) in [6.07, 6.45) is 3.83. The molecule has 1 aromatic heterocycles. The van der Waals surface area contributed by atoms with E-state index in [1.165, 1.54) is 19.3 Å². The van der Waals surface area contributed by atoms with Gasteiger partial charge in [0, 0.05) is 24.6 Å². The maximum absolute atomic E-state index is 5.21. The minimum atomic E-state index is -0.0491. The lowest BCUT2D eigenvalue weighted by atomic mass is 9.95. The van der Waals surface area contributed by atoms with Crippen LogP contribution in [0.5, 0.6) is 0 Å². The van der Waals surface area contributed by atoms with Crippen molar-refractivity contribution in [1.29, 1.82) is 0 Å². The fraction of sp³-hybridized carbons (Fsp3) is 0.750. The summed E-state index contributed by atoms with van der Waals surface area (Å²) in [6, 6.07) is 2.60. The number of nitrogens with zero attached hydrogens (tertiary/aromatic N) is 2. The van der Waals surface area contributed by atoms with E-state index in [2.05, 4.69) is 43.0 Å². The van der Waals surface area contributed by atoms with E-state index >= 15 is 0 Å². The number of nitrogens with one attached hydrogen (secondary N) is 1. The second-order valence-electron chi connectivity index (χ2n) is 6.79. The predicted molar refractivity (Wildman–Crippen MR) is 81.9 cm³/mol. The lowest BCUT2D eigenvalue weighted by Crippen LogP contribution is -2.19. The zero-order valence-corrected chi connectivity index (χ0v) is 13.4. The minimum Gasteiger partial charge on any atom is -0.378 e. The van der Waals surface area contributed by atoms with Crippen LogP contribution in [0, 0.1) is 5.92 Å². The Morgan fingerprint density at radius 1 is 1.35 bits per heavy atom. The van der Waals surface area contributed by atoms with E-state index in [-0.39, 0.29) is 5.41 Å². The topological polar surface area (TPSA) is 47.0 Å². The van der Waals surface area contributed by atoms with Gasteiger partial charge < -0.3 is 10.1 Å². The molecule has 4 nitrogen and oxygen atoms in total. The van der Waals surface area contributed by atoms with Crippen LogP contribution in [-0.2, 0) is 16.8 Å².